The van der Waals surface area contributed by atoms with Crippen LogP contribution in [0.15, 0.2) is 70.6 Å². The fourth-order valence-corrected chi connectivity index (χ4v) is 7.17. The second kappa shape index (κ2) is 15.3. The summed E-state index contributed by atoms with van der Waals surface area (Å²) in [6, 6.07) is 18.5. The van der Waals surface area contributed by atoms with Crippen LogP contribution < -0.4 is 5.69 Å². The molecule has 0 bridgehead atoms. The molecule has 1 atom stereocenters. The van der Waals surface area contributed by atoms with Crippen molar-refractivity contribution in [3.8, 4) is 0 Å². The van der Waals surface area contributed by atoms with Gasteiger partial charge in [-0.15, -0.1) is 0 Å². The van der Waals surface area contributed by atoms with Gasteiger partial charge in [0.15, 0.2) is 0 Å². The molecule has 5 rings (SSSR count). The lowest BCUT2D eigenvalue weighted by molar-refractivity contribution is 0.0784. The van der Waals surface area contributed by atoms with E-state index < -0.39 is 0 Å². The number of fused-ring (bicyclic) bond motifs is 1. The zero-order valence-electron chi connectivity index (χ0n) is 26.1. The van der Waals surface area contributed by atoms with E-state index in [-0.39, 0.29) is 30.1 Å². The van der Waals surface area contributed by atoms with Crippen LogP contribution in [0.5, 0.6) is 0 Å². The Hall–Kier alpha value is -3.01. The van der Waals surface area contributed by atoms with Gasteiger partial charge in [0.05, 0.1) is 33.3 Å². The number of carbonyl (C=O) groups excluding carboxylic acids is 1. The number of amides is 1. The van der Waals surface area contributed by atoms with Crippen LogP contribution in [-0.2, 0) is 11.9 Å². The average Bonchev–Trinajstić information content (AvgIpc) is 3.30. The van der Waals surface area contributed by atoms with Gasteiger partial charge in [0.2, 0.25) is 0 Å². The Morgan fingerprint density at radius 3 is 2.28 bits per heavy atom. The normalized spacial score (nSPS) is 15.3. The summed E-state index contributed by atoms with van der Waals surface area (Å²) >= 11 is 25.2. The summed E-state index contributed by atoms with van der Waals surface area (Å²) in [5.74, 6) is -0.424. The van der Waals surface area contributed by atoms with Crippen molar-refractivity contribution in [2.24, 2.45) is 12.2 Å². The molecule has 8 nitrogen and oxygen atoms in total. The molecule has 1 saturated heterocycles. The quantitative estimate of drug-likeness (QED) is 0.117. The van der Waals surface area contributed by atoms with Crippen molar-refractivity contribution in [3.05, 3.63) is 102 Å². The smallest absolute Gasteiger partial charge is 0.329 e. The van der Waals surface area contributed by atoms with Crippen LogP contribution in [-0.4, -0.2) is 70.4 Å². The van der Waals surface area contributed by atoms with Gasteiger partial charge in [0.1, 0.15) is 7.11 Å². The molecule has 4 aromatic rings. The zero-order chi connectivity index (χ0) is 33.0. The number of hydrogen-bond acceptors (Lipinski definition) is 5. The van der Waals surface area contributed by atoms with Gasteiger partial charge in [-0.05, 0) is 80.8 Å². The number of carbonyl (C=O) groups is 1. The van der Waals surface area contributed by atoms with Gasteiger partial charge in [0.25, 0.3) is 5.91 Å². The number of para-hydroxylation sites is 2. The molecule has 0 N–H and O–H groups in total. The summed E-state index contributed by atoms with van der Waals surface area (Å²) in [4.78, 5) is 36.2. The maximum absolute atomic E-state index is 13.6. The highest BCUT2D eigenvalue weighted by atomic mass is 35.5. The summed E-state index contributed by atoms with van der Waals surface area (Å²) in [5, 5.41) is 6.13. The number of imidazole rings is 1. The van der Waals surface area contributed by atoms with E-state index in [1.165, 1.54) is 7.11 Å². The molecule has 3 aromatic carbocycles. The van der Waals surface area contributed by atoms with Crippen molar-refractivity contribution < 1.29 is 9.63 Å². The van der Waals surface area contributed by atoms with Crippen molar-refractivity contribution >= 4 is 69.1 Å². The van der Waals surface area contributed by atoms with Crippen LogP contribution in [0.1, 0.15) is 54.1 Å². The van der Waals surface area contributed by atoms with E-state index >= 15 is 0 Å². The number of piperidine rings is 1. The Balaban J connectivity index is 1.34. The number of benzene rings is 3. The molecule has 244 valence electrons. The molecule has 1 aliphatic rings. The van der Waals surface area contributed by atoms with Crippen molar-refractivity contribution in [3.63, 3.8) is 0 Å². The van der Waals surface area contributed by atoms with E-state index in [4.69, 9.17) is 51.2 Å². The van der Waals surface area contributed by atoms with Gasteiger partial charge >= 0.3 is 5.69 Å². The van der Waals surface area contributed by atoms with Crippen molar-refractivity contribution in [2.75, 3.05) is 39.8 Å². The lowest BCUT2D eigenvalue weighted by atomic mass is 9.89. The third kappa shape index (κ3) is 7.58. The third-order valence-corrected chi connectivity index (χ3v) is 9.92. The van der Waals surface area contributed by atoms with Gasteiger partial charge < -0.3 is 14.6 Å². The highest BCUT2D eigenvalue weighted by molar-refractivity contribution is 6.42. The number of aryl methyl sites for hydroxylation is 1. The maximum atomic E-state index is 13.6. The summed E-state index contributed by atoms with van der Waals surface area (Å²) in [6.07, 6.45) is 2.43. The molecular weight excluding hydrogens is 668 g/mol. The van der Waals surface area contributed by atoms with Crippen molar-refractivity contribution in [1.29, 1.82) is 0 Å². The topological polar surface area (TPSA) is 72.1 Å². The van der Waals surface area contributed by atoms with Gasteiger partial charge in [-0.25, -0.2) is 4.79 Å². The van der Waals surface area contributed by atoms with E-state index in [0.29, 0.717) is 44.3 Å². The molecule has 0 aliphatic carbocycles. The van der Waals surface area contributed by atoms with E-state index in [1.807, 2.05) is 54.9 Å². The first kappa shape index (κ1) is 34.3. The van der Waals surface area contributed by atoms with Crippen LogP contribution in [0.25, 0.3) is 11.0 Å². The highest BCUT2D eigenvalue weighted by Gasteiger charge is 2.28. The lowest BCUT2D eigenvalue weighted by Gasteiger charge is -2.34. The largest absolute Gasteiger partial charge is 0.399 e. The van der Waals surface area contributed by atoms with Gasteiger partial charge in [-0.3, -0.25) is 13.9 Å². The molecule has 1 fully saturated rings. The third-order valence-electron chi connectivity index (χ3n) is 8.74. The second-order valence-electron chi connectivity index (χ2n) is 11.5. The van der Waals surface area contributed by atoms with Gasteiger partial charge in [0, 0.05) is 54.3 Å². The van der Waals surface area contributed by atoms with E-state index in [1.54, 1.807) is 33.7 Å². The number of hydrogen-bond donors (Lipinski definition) is 0. The molecular formula is C34H37Cl4N5O3. The predicted octanol–water partition coefficient (Wildman–Crippen LogP) is 7.93. The average molecular weight is 706 g/mol. The standard InChI is InChI=1S/C34H37Cl4N5O3/c1-4-42(33(44)23-17-24(35)20-25(36)18-23)21-30(39-46-3)27(22-9-10-28(37)29(38)19-22)13-16-41-14-11-26(12-15-41)43-32-8-6-5-7-31(32)40(2)34(43)45/h5-10,17-20,26-27H,4,11-16,21H2,1-3H3/b39-30+/t27-/m1/s1. The van der Waals surface area contributed by atoms with Crippen LogP contribution in [0.2, 0.25) is 20.1 Å². The minimum absolute atomic E-state index is 0.0230. The first-order chi connectivity index (χ1) is 22.1. The van der Waals surface area contributed by atoms with Crippen molar-refractivity contribution in [1.82, 2.24) is 18.9 Å². The number of halogens is 4. The Morgan fingerprint density at radius 2 is 1.65 bits per heavy atom. The summed E-state index contributed by atoms with van der Waals surface area (Å²) in [6.45, 7) is 5.04. The van der Waals surface area contributed by atoms with Crippen LogP contribution in [0, 0.1) is 0 Å². The lowest BCUT2D eigenvalue weighted by Crippen LogP contribution is -2.40. The van der Waals surface area contributed by atoms with Crippen LogP contribution in [0.3, 0.4) is 0 Å². The monoisotopic (exact) mass is 703 g/mol. The Labute approximate surface area is 289 Å². The molecule has 0 spiro atoms. The molecule has 12 heteroatoms. The highest BCUT2D eigenvalue weighted by Crippen LogP contribution is 2.32. The number of nitrogens with zero attached hydrogens (tertiary/aromatic N) is 5. The molecule has 1 amide bonds. The summed E-state index contributed by atoms with van der Waals surface area (Å²) in [7, 11) is 3.33. The first-order valence-corrected chi connectivity index (χ1v) is 16.8. The Bertz CT molecular complexity index is 1780. The van der Waals surface area contributed by atoms with E-state index in [0.717, 1.165) is 49.1 Å². The molecule has 0 unspecified atom stereocenters. The maximum Gasteiger partial charge on any atom is 0.329 e. The molecule has 0 radical (unpaired) electrons. The number of aromatic nitrogens is 2. The van der Waals surface area contributed by atoms with Gasteiger partial charge in [-0.2, -0.15) is 0 Å². The van der Waals surface area contributed by atoms with E-state index in [9.17, 15) is 9.59 Å². The summed E-state index contributed by atoms with van der Waals surface area (Å²) < 4.78 is 3.68. The van der Waals surface area contributed by atoms with E-state index in [2.05, 4.69) is 10.1 Å². The minimum Gasteiger partial charge on any atom is -0.399 e. The van der Waals surface area contributed by atoms with Crippen LogP contribution >= 0.6 is 46.4 Å². The Kier molecular flexibility index (Phi) is 11.4. The fraction of sp³-hybridized carbons (Fsp3) is 0.382. The molecule has 0 saturated carbocycles. The summed E-state index contributed by atoms with van der Waals surface area (Å²) in [5.41, 5.74) is 3.95. The SMILES string of the molecule is CCN(C/C(=N\OC)[C@H](CCN1CCC(n2c(=O)n(C)c3ccccc32)CC1)c1ccc(Cl)c(Cl)c1)C(=O)c1cc(Cl)cc(Cl)c1. The fourth-order valence-electron chi connectivity index (χ4n) is 6.34. The number of likely N-dealkylation sites (tertiary alicyclic amines) is 1. The zero-order valence-corrected chi connectivity index (χ0v) is 29.1. The predicted molar refractivity (Wildman–Crippen MR) is 188 cm³/mol. The molecule has 1 aliphatic heterocycles. The second-order valence-corrected chi connectivity index (χ2v) is 13.2. The van der Waals surface area contributed by atoms with Crippen molar-refractivity contribution in [2.45, 2.75) is 38.1 Å². The molecule has 2 heterocycles. The first-order valence-electron chi connectivity index (χ1n) is 15.3. The van der Waals surface area contributed by atoms with Crippen LogP contribution in [0.4, 0.5) is 0 Å². The molecule has 46 heavy (non-hydrogen) atoms. The Morgan fingerprint density at radius 1 is 0.978 bits per heavy atom. The number of oxime groups is 1. The molecule has 1 aromatic heterocycles. The minimum atomic E-state index is -0.214. The number of rotatable bonds is 11. The van der Waals surface area contributed by atoms with Gasteiger partial charge in [-0.1, -0.05) is 69.8 Å².